The molecule has 4 heteroatoms. The Morgan fingerprint density at radius 3 is 2.33 bits per heavy atom. The van der Waals surface area contributed by atoms with E-state index in [0.717, 1.165) is 11.1 Å². The third-order valence-corrected chi connectivity index (χ3v) is 2.89. The van der Waals surface area contributed by atoms with Crippen LogP contribution in [0.4, 0.5) is 5.69 Å². The van der Waals surface area contributed by atoms with Crippen LogP contribution in [0.1, 0.15) is 10.4 Å². The fraction of sp³-hybridized carbons (Fsp3) is 0.0714. The molecule has 2 aromatic carbocycles. The largest absolute Gasteiger partial charge is 0.465 e. The quantitative estimate of drug-likeness (QED) is 0.666. The van der Waals surface area contributed by atoms with Crippen molar-refractivity contribution in [1.29, 1.82) is 0 Å². The Labute approximate surface area is 110 Å². The van der Waals surface area contributed by atoms with Gasteiger partial charge in [-0.15, -0.1) is 0 Å². The van der Waals surface area contributed by atoms with Crippen LogP contribution in [-0.4, -0.2) is 13.1 Å². The average Bonchev–Trinajstić information content (AvgIpc) is 2.39. The molecular formula is C14H12ClNO2. The zero-order valence-electron chi connectivity index (χ0n) is 9.81. The number of methoxy groups -OCH3 is 1. The molecule has 2 N–H and O–H groups in total. The summed E-state index contributed by atoms with van der Waals surface area (Å²) < 4.78 is 4.69. The number of nitrogens with two attached hydrogens (primary N) is 1. The molecule has 0 unspecified atom stereocenters. The van der Waals surface area contributed by atoms with Crippen LogP contribution >= 0.6 is 11.6 Å². The minimum atomic E-state index is -0.441. The van der Waals surface area contributed by atoms with Crippen molar-refractivity contribution in [3.8, 4) is 11.1 Å². The number of carbonyl (C=O) groups excluding carboxylic acids is 1. The van der Waals surface area contributed by atoms with Crippen LogP contribution < -0.4 is 5.73 Å². The summed E-state index contributed by atoms with van der Waals surface area (Å²) in [5, 5.41) is 0.669. The van der Waals surface area contributed by atoms with E-state index < -0.39 is 5.97 Å². The van der Waals surface area contributed by atoms with Gasteiger partial charge in [-0.3, -0.25) is 0 Å². The summed E-state index contributed by atoms with van der Waals surface area (Å²) in [5.74, 6) is -0.441. The molecule has 0 spiro atoms. The smallest absolute Gasteiger partial charge is 0.339 e. The molecule has 0 saturated heterocycles. The first-order valence-electron chi connectivity index (χ1n) is 5.35. The van der Waals surface area contributed by atoms with Crippen LogP contribution in [-0.2, 0) is 4.74 Å². The molecular weight excluding hydrogens is 250 g/mol. The van der Waals surface area contributed by atoms with Gasteiger partial charge in [0.15, 0.2) is 0 Å². The normalized spacial score (nSPS) is 10.1. The highest BCUT2D eigenvalue weighted by Gasteiger charge is 2.11. The van der Waals surface area contributed by atoms with Gasteiger partial charge >= 0.3 is 5.97 Å². The van der Waals surface area contributed by atoms with Crippen molar-refractivity contribution in [3.63, 3.8) is 0 Å². The summed E-state index contributed by atoms with van der Waals surface area (Å²) in [4.78, 5) is 11.5. The van der Waals surface area contributed by atoms with Crippen LogP contribution in [0.25, 0.3) is 11.1 Å². The van der Waals surface area contributed by atoms with Gasteiger partial charge in [0.05, 0.1) is 12.7 Å². The second-order valence-corrected chi connectivity index (χ2v) is 4.24. The Kier molecular flexibility index (Phi) is 3.53. The first-order valence-corrected chi connectivity index (χ1v) is 5.73. The minimum Gasteiger partial charge on any atom is -0.465 e. The summed E-state index contributed by atoms with van der Waals surface area (Å²) in [5.41, 5.74) is 8.37. The van der Waals surface area contributed by atoms with E-state index in [1.54, 1.807) is 24.3 Å². The number of carbonyl (C=O) groups is 1. The summed E-state index contributed by atoms with van der Waals surface area (Å²) in [6, 6.07) is 12.6. The van der Waals surface area contributed by atoms with Crippen LogP contribution in [0.3, 0.4) is 0 Å². The standard InChI is InChI=1S/C14H12ClNO2/c1-18-14(17)12-8-10(4-7-13(12)16)9-2-5-11(15)6-3-9/h2-8H,16H2,1H3. The molecule has 2 rings (SSSR count). The van der Waals surface area contributed by atoms with Gasteiger partial charge in [0.1, 0.15) is 0 Å². The summed E-state index contributed by atoms with van der Waals surface area (Å²) in [7, 11) is 1.33. The molecule has 0 atom stereocenters. The average molecular weight is 262 g/mol. The highest BCUT2D eigenvalue weighted by molar-refractivity contribution is 6.30. The van der Waals surface area contributed by atoms with Gasteiger partial charge in [-0.1, -0.05) is 29.8 Å². The van der Waals surface area contributed by atoms with E-state index >= 15 is 0 Å². The Hall–Kier alpha value is -2.00. The number of benzene rings is 2. The highest BCUT2D eigenvalue weighted by Crippen LogP contribution is 2.25. The van der Waals surface area contributed by atoms with Crippen molar-refractivity contribution in [2.75, 3.05) is 12.8 Å². The second-order valence-electron chi connectivity index (χ2n) is 3.80. The monoisotopic (exact) mass is 261 g/mol. The van der Waals surface area contributed by atoms with Crippen LogP contribution in [0.2, 0.25) is 5.02 Å². The molecule has 0 amide bonds. The lowest BCUT2D eigenvalue weighted by Crippen LogP contribution is -2.05. The molecule has 0 aromatic heterocycles. The first-order chi connectivity index (χ1) is 8.61. The third-order valence-electron chi connectivity index (χ3n) is 2.64. The molecule has 0 heterocycles. The Morgan fingerprint density at radius 1 is 1.11 bits per heavy atom. The maximum Gasteiger partial charge on any atom is 0.339 e. The van der Waals surface area contributed by atoms with E-state index in [-0.39, 0.29) is 0 Å². The van der Waals surface area contributed by atoms with E-state index in [9.17, 15) is 4.79 Å². The van der Waals surface area contributed by atoms with E-state index in [1.165, 1.54) is 7.11 Å². The highest BCUT2D eigenvalue weighted by atomic mass is 35.5. The number of anilines is 1. The van der Waals surface area contributed by atoms with Crippen molar-refractivity contribution in [2.24, 2.45) is 0 Å². The van der Waals surface area contributed by atoms with E-state index in [1.807, 2.05) is 18.2 Å². The molecule has 2 aromatic rings. The number of esters is 1. The van der Waals surface area contributed by atoms with Crippen molar-refractivity contribution in [2.45, 2.75) is 0 Å². The molecule has 18 heavy (non-hydrogen) atoms. The lowest BCUT2D eigenvalue weighted by Gasteiger charge is -2.07. The molecule has 0 bridgehead atoms. The number of rotatable bonds is 2. The summed E-state index contributed by atoms with van der Waals surface area (Å²) in [6.45, 7) is 0. The second kappa shape index (κ2) is 5.10. The third kappa shape index (κ3) is 2.46. The molecule has 0 aliphatic heterocycles. The molecule has 3 nitrogen and oxygen atoms in total. The topological polar surface area (TPSA) is 52.3 Å². The first kappa shape index (κ1) is 12.5. The number of hydrogen-bond donors (Lipinski definition) is 1. The summed E-state index contributed by atoms with van der Waals surface area (Å²) in [6.07, 6.45) is 0. The van der Waals surface area contributed by atoms with Crippen molar-refractivity contribution in [3.05, 3.63) is 53.1 Å². The maximum atomic E-state index is 11.5. The number of nitrogen functional groups attached to an aromatic ring is 1. The predicted octanol–water partition coefficient (Wildman–Crippen LogP) is 3.38. The van der Waals surface area contributed by atoms with Crippen molar-refractivity contribution in [1.82, 2.24) is 0 Å². The van der Waals surface area contributed by atoms with Gasteiger partial charge in [-0.05, 0) is 35.4 Å². The summed E-state index contributed by atoms with van der Waals surface area (Å²) >= 11 is 5.83. The Morgan fingerprint density at radius 2 is 1.72 bits per heavy atom. The minimum absolute atomic E-state index is 0.366. The Balaban J connectivity index is 2.46. The molecule has 0 saturated carbocycles. The van der Waals surface area contributed by atoms with Crippen LogP contribution in [0, 0.1) is 0 Å². The number of ether oxygens (including phenoxy) is 1. The van der Waals surface area contributed by atoms with Gasteiger partial charge in [0.2, 0.25) is 0 Å². The van der Waals surface area contributed by atoms with E-state index in [0.29, 0.717) is 16.3 Å². The fourth-order valence-corrected chi connectivity index (χ4v) is 1.79. The van der Waals surface area contributed by atoms with Gasteiger partial charge in [0.25, 0.3) is 0 Å². The van der Waals surface area contributed by atoms with E-state index in [4.69, 9.17) is 17.3 Å². The molecule has 0 fully saturated rings. The fourth-order valence-electron chi connectivity index (χ4n) is 1.66. The molecule has 92 valence electrons. The van der Waals surface area contributed by atoms with Gasteiger partial charge < -0.3 is 10.5 Å². The molecule has 0 radical (unpaired) electrons. The molecule has 0 aliphatic carbocycles. The SMILES string of the molecule is COC(=O)c1cc(-c2ccc(Cl)cc2)ccc1N. The van der Waals surface area contributed by atoms with Crippen molar-refractivity contribution < 1.29 is 9.53 Å². The lowest BCUT2D eigenvalue weighted by atomic mass is 10.0. The Bertz CT molecular complexity index is 579. The van der Waals surface area contributed by atoms with Gasteiger partial charge in [-0.25, -0.2) is 4.79 Å². The zero-order valence-corrected chi connectivity index (χ0v) is 10.6. The van der Waals surface area contributed by atoms with E-state index in [2.05, 4.69) is 4.74 Å². The zero-order chi connectivity index (χ0) is 13.1. The lowest BCUT2D eigenvalue weighted by molar-refractivity contribution is 0.0602. The van der Waals surface area contributed by atoms with Gasteiger partial charge in [-0.2, -0.15) is 0 Å². The van der Waals surface area contributed by atoms with Crippen LogP contribution in [0.5, 0.6) is 0 Å². The van der Waals surface area contributed by atoms with Crippen LogP contribution in [0.15, 0.2) is 42.5 Å². The predicted molar refractivity (Wildman–Crippen MR) is 72.6 cm³/mol. The van der Waals surface area contributed by atoms with Crippen molar-refractivity contribution >= 4 is 23.3 Å². The number of hydrogen-bond acceptors (Lipinski definition) is 3. The number of halogens is 1. The maximum absolute atomic E-state index is 11.5. The molecule has 0 aliphatic rings. The van der Waals surface area contributed by atoms with Gasteiger partial charge in [0, 0.05) is 10.7 Å².